The fourth-order valence-corrected chi connectivity index (χ4v) is 0.633. The van der Waals surface area contributed by atoms with Gasteiger partial charge in [-0.25, -0.2) is 0 Å². The van der Waals surface area contributed by atoms with E-state index in [1.54, 1.807) is 0 Å². The third kappa shape index (κ3) is 5.35. The van der Waals surface area contributed by atoms with Gasteiger partial charge in [0.2, 0.25) is 0 Å². The lowest BCUT2D eigenvalue weighted by atomic mass is 10.2. The van der Waals surface area contributed by atoms with Crippen molar-refractivity contribution < 1.29 is 9.53 Å². The minimum atomic E-state index is -0.212. The highest BCUT2D eigenvalue weighted by Crippen LogP contribution is 1.97. The van der Waals surface area contributed by atoms with Crippen LogP contribution < -0.4 is 0 Å². The van der Waals surface area contributed by atoms with E-state index in [0.717, 1.165) is 0 Å². The molecule has 0 N–H and O–H groups in total. The fourth-order valence-electron chi connectivity index (χ4n) is 0.633. The Kier molecular flexibility index (Phi) is 4.63. The Bertz CT molecular complexity index is 127. The monoisotopic (exact) mass is 142 g/mol. The first-order valence-corrected chi connectivity index (χ1v) is 3.43. The van der Waals surface area contributed by atoms with Crippen LogP contribution in [0.2, 0.25) is 0 Å². The van der Waals surface area contributed by atoms with Gasteiger partial charge < -0.3 is 4.74 Å². The number of rotatable bonds is 3. The number of allylic oxidation sites excluding steroid dienone is 1. The van der Waals surface area contributed by atoms with Gasteiger partial charge >= 0.3 is 5.97 Å². The van der Waals surface area contributed by atoms with E-state index in [1.807, 2.05) is 26.0 Å². The average molecular weight is 142 g/mol. The van der Waals surface area contributed by atoms with Crippen molar-refractivity contribution in [2.45, 2.75) is 20.8 Å². The maximum Gasteiger partial charge on any atom is 0.302 e. The molecule has 2 nitrogen and oxygen atoms in total. The average Bonchev–Trinajstić information content (AvgIpc) is 1.85. The van der Waals surface area contributed by atoms with E-state index in [9.17, 15) is 4.79 Å². The summed E-state index contributed by atoms with van der Waals surface area (Å²) in [5.41, 5.74) is 0. The molecule has 0 aromatic heterocycles. The lowest BCUT2D eigenvalue weighted by Gasteiger charge is -2.04. The van der Waals surface area contributed by atoms with Gasteiger partial charge in [-0.2, -0.15) is 0 Å². The Labute approximate surface area is 61.9 Å². The molecule has 0 aromatic carbocycles. The smallest absolute Gasteiger partial charge is 0.302 e. The van der Waals surface area contributed by atoms with Crippen LogP contribution in [0, 0.1) is 5.92 Å². The largest absolute Gasteiger partial charge is 0.465 e. The quantitative estimate of drug-likeness (QED) is 0.443. The molecule has 0 radical (unpaired) electrons. The molecule has 10 heavy (non-hydrogen) atoms. The lowest BCUT2D eigenvalue weighted by Crippen LogP contribution is -2.06. The van der Waals surface area contributed by atoms with Crippen molar-refractivity contribution in [1.29, 1.82) is 0 Å². The van der Waals surface area contributed by atoms with Crippen molar-refractivity contribution in [2.24, 2.45) is 5.92 Å². The molecule has 2 heteroatoms. The van der Waals surface area contributed by atoms with Crippen LogP contribution in [-0.2, 0) is 9.53 Å². The summed E-state index contributed by atoms with van der Waals surface area (Å²) >= 11 is 0. The predicted octanol–water partition coefficient (Wildman–Crippen LogP) is 1.76. The summed E-state index contributed by atoms with van der Waals surface area (Å²) in [7, 11) is 0. The molecule has 0 amide bonds. The van der Waals surface area contributed by atoms with Gasteiger partial charge in [0.05, 0.1) is 6.61 Å². The zero-order chi connectivity index (χ0) is 7.98. The molecule has 0 aliphatic carbocycles. The molecule has 1 unspecified atom stereocenters. The topological polar surface area (TPSA) is 26.3 Å². The van der Waals surface area contributed by atoms with Gasteiger partial charge in [-0.05, 0) is 6.92 Å². The van der Waals surface area contributed by atoms with Crippen molar-refractivity contribution in [1.82, 2.24) is 0 Å². The molecule has 0 aromatic rings. The van der Waals surface area contributed by atoms with Gasteiger partial charge in [-0.15, -0.1) is 0 Å². The molecular weight excluding hydrogens is 128 g/mol. The van der Waals surface area contributed by atoms with Crippen LogP contribution in [0.3, 0.4) is 0 Å². The third-order valence-corrected chi connectivity index (χ3v) is 1.07. The van der Waals surface area contributed by atoms with E-state index < -0.39 is 0 Å². The summed E-state index contributed by atoms with van der Waals surface area (Å²) in [4.78, 5) is 10.3. The number of hydrogen-bond donors (Lipinski definition) is 0. The summed E-state index contributed by atoms with van der Waals surface area (Å²) < 4.78 is 4.77. The lowest BCUT2D eigenvalue weighted by molar-refractivity contribution is -0.141. The van der Waals surface area contributed by atoms with Crippen LogP contribution >= 0.6 is 0 Å². The van der Waals surface area contributed by atoms with Crippen molar-refractivity contribution >= 4 is 5.97 Å². The van der Waals surface area contributed by atoms with Gasteiger partial charge in [0.25, 0.3) is 0 Å². The molecule has 0 fully saturated rings. The second-order valence-corrected chi connectivity index (χ2v) is 2.31. The summed E-state index contributed by atoms with van der Waals surface area (Å²) in [5, 5.41) is 0. The molecule has 0 heterocycles. The maximum absolute atomic E-state index is 10.3. The highest BCUT2D eigenvalue weighted by molar-refractivity contribution is 5.65. The van der Waals surface area contributed by atoms with Crippen LogP contribution in [0.15, 0.2) is 12.2 Å². The Balaban J connectivity index is 3.39. The molecule has 0 aliphatic heterocycles. The summed E-state index contributed by atoms with van der Waals surface area (Å²) in [6.45, 7) is 5.86. The first-order chi connectivity index (χ1) is 4.66. The third-order valence-electron chi connectivity index (χ3n) is 1.07. The van der Waals surface area contributed by atoms with Gasteiger partial charge in [-0.1, -0.05) is 19.1 Å². The van der Waals surface area contributed by atoms with Crippen LogP contribution in [0.4, 0.5) is 0 Å². The number of ether oxygens (including phenoxy) is 1. The molecule has 0 spiro atoms. The summed E-state index contributed by atoms with van der Waals surface area (Å²) in [6, 6.07) is 0. The molecular formula is C8H14O2. The molecule has 0 rings (SSSR count). The first-order valence-electron chi connectivity index (χ1n) is 3.43. The van der Waals surface area contributed by atoms with Gasteiger partial charge in [0.15, 0.2) is 0 Å². The predicted molar refractivity (Wildman–Crippen MR) is 40.6 cm³/mol. The van der Waals surface area contributed by atoms with Gasteiger partial charge in [-0.3, -0.25) is 4.79 Å². The van der Waals surface area contributed by atoms with Crippen LogP contribution in [0.25, 0.3) is 0 Å². The fraction of sp³-hybridized carbons (Fsp3) is 0.625. The highest BCUT2D eigenvalue weighted by atomic mass is 16.5. The Hall–Kier alpha value is -0.790. The van der Waals surface area contributed by atoms with Crippen molar-refractivity contribution in [3.05, 3.63) is 12.2 Å². The second kappa shape index (κ2) is 5.03. The van der Waals surface area contributed by atoms with Crippen LogP contribution in [-0.4, -0.2) is 12.6 Å². The summed E-state index contributed by atoms with van der Waals surface area (Å²) in [6.07, 6.45) is 3.96. The number of esters is 1. The van der Waals surface area contributed by atoms with E-state index in [2.05, 4.69) is 0 Å². The SMILES string of the molecule is CC=CC(C)COC(C)=O. The van der Waals surface area contributed by atoms with Gasteiger partial charge in [0, 0.05) is 12.8 Å². The first kappa shape index (κ1) is 9.21. The van der Waals surface area contributed by atoms with Crippen molar-refractivity contribution in [2.75, 3.05) is 6.61 Å². The Morgan fingerprint density at radius 2 is 2.30 bits per heavy atom. The molecule has 0 saturated heterocycles. The van der Waals surface area contributed by atoms with E-state index in [0.29, 0.717) is 12.5 Å². The van der Waals surface area contributed by atoms with E-state index in [4.69, 9.17) is 4.74 Å². The number of carbonyl (C=O) groups is 1. The zero-order valence-electron chi connectivity index (χ0n) is 6.76. The van der Waals surface area contributed by atoms with E-state index >= 15 is 0 Å². The van der Waals surface area contributed by atoms with Crippen molar-refractivity contribution in [3.8, 4) is 0 Å². The molecule has 58 valence electrons. The second-order valence-electron chi connectivity index (χ2n) is 2.31. The van der Waals surface area contributed by atoms with Crippen LogP contribution in [0.5, 0.6) is 0 Å². The molecule has 1 atom stereocenters. The number of hydrogen-bond acceptors (Lipinski definition) is 2. The highest BCUT2D eigenvalue weighted by Gasteiger charge is 1.97. The van der Waals surface area contributed by atoms with Gasteiger partial charge in [0.1, 0.15) is 0 Å². The normalized spacial score (nSPS) is 13.5. The van der Waals surface area contributed by atoms with Crippen LogP contribution in [0.1, 0.15) is 20.8 Å². The maximum atomic E-state index is 10.3. The number of carbonyl (C=O) groups excluding carboxylic acids is 1. The molecule has 0 saturated carbocycles. The molecule has 0 aliphatic rings. The molecule has 0 bridgehead atoms. The minimum absolute atomic E-state index is 0.212. The Morgan fingerprint density at radius 3 is 2.70 bits per heavy atom. The Morgan fingerprint density at radius 1 is 1.70 bits per heavy atom. The minimum Gasteiger partial charge on any atom is -0.465 e. The summed E-state index contributed by atoms with van der Waals surface area (Å²) in [5.74, 6) is 0.116. The van der Waals surface area contributed by atoms with E-state index in [1.165, 1.54) is 6.92 Å². The van der Waals surface area contributed by atoms with E-state index in [-0.39, 0.29) is 5.97 Å². The zero-order valence-corrected chi connectivity index (χ0v) is 6.76. The van der Waals surface area contributed by atoms with Crippen molar-refractivity contribution in [3.63, 3.8) is 0 Å². The standard InChI is InChI=1S/C8H14O2/c1-4-5-7(2)6-10-8(3)9/h4-5,7H,6H2,1-3H3.